The van der Waals surface area contributed by atoms with E-state index in [1.807, 2.05) is 39.0 Å². The summed E-state index contributed by atoms with van der Waals surface area (Å²) in [5.41, 5.74) is 3.14. The van der Waals surface area contributed by atoms with E-state index in [1.54, 1.807) is 30.3 Å². The minimum Gasteiger partial charge on any atom is -0.454 e. The molecule has 0 radical (unpaired) electrons. The molecule has 6 nitrogen and oxygen atoms in total. The molecule has 0 fully saturated rings. The zero-order valence-electron chi connectivity index (χ0n) is 16.6. The van der Waals surface area contributed by atoms with Crippen LogP contribution < -0.4 is 10.6 Å². The average Bonchev–Trinajstić information content (AvgIpc) is 2.68. The fourth-order valence-electron chi connectivity index (χ4n) is 2.71. The smallest absolute Gasteiger partial charge is 0.328 e. The van der Waals surface area contributed by atoms with Crippen LogP contribution in [0.4, 0.5) is 5.69 Å². The zero-order valence-corrected chi connectivity index (χ0v) is 16.6. The van der Waals surface area contributed by atoms with Gasteiger partial charge in [-0.3, -0.25) is 9.59 Å². The van der Waals surface area contributed by atoms with Gasteiger partial charge in [0, 0.05) is 11.3 Å². The van der Waals surface area contributed by atoms with Crippen molar-refractivity contribution in [1.29, 1.82) is 0 Å². The Labute approximate surface area is 165 Å². The molecule has 0 aromatic heterocycles. The number of amides is 2. The largest absolute Gasteiger partial charge is 0.454 e. The number of rotatable bonds is 7. The zero-order chi connectivity index (χ0) is 20.7. The molecule has 2 aromatic carbocycles. The first kappa shape index (κ1) is 21.2. The Balaban J connectivity index is 1.89. The normalized spacial score (nSPS) is 11.6. The standard InChI is InChI=1S/C22H26N2O4/c1-14(2)18-12-8-9-15(3)20(18)24-19(25)13-28-22(27)16(4)23-21(26)17-10-6-5-7-11-17/h5-12,14,16H,13H2,1-4H3,(H,23,26)(H,24,25)/t16-/m0/s1. The van der Waals surface area contributed by atoms with Crippen LogP contribution in [0.3, 0.4) is 0 Å². The van der Waals surface area contributed by atoms with Gasteiger partial charge in [0.15, 0.2) is 6.61 Å². The van der Waals surface area contributed by atoms with Gasteiger partial charge in [0.25, 0.3) is 11.8 Å². The molecule has 6 heteroatoms. The Bertz CT molecular complexity index is 847. The quantitative estimate of drug-likeness (QED) is 0.719. The molecular formula is C22H26N2O4. The molecule has 2 N–H and O–H groups in total. The lowest BCUT2D eigenvalue weighted by molar-refractivity contribution is -0.148. The van der Waals surface area contributed by atoms with Gasteiger partial charge in [-0.05, 0) is 43.0 Å². The van der Waals surface area contributed by atoms with Crippen molar-refractivity contribution in [3.8, 4) is 0 Å². The van der Waals surface area contributed by atoms with E-state index in [0.717, 1.165) is 16.8 Å². The number of carbonyl (C=O) groups excluding carboxylic acids is 3. The summed E-state index contributed by atoms with van der Waals surface area (Å²) in [6.07, 6.45) is 0. The van der Waals surface area contributed by atoms with Gasteiger partial charge < -0.3 is 15.4 Å². The van der Waals surface area contributed by atoms with Crippen molar-refractivity contribution in [3.05, 3.63) is 65.2 Å². The van der Waals surface area contributed by atoms with Crippen molar-refractivity contribution in [2.75, 3.05) is 11.9 Å². The molecule has 148 valence electrons. The third kappa shape index (κ3) is 5.67. The van der Waals surface area contributed by atoms with Crippen LogP contribution in [0.1, 0.15) is 48.2 Å². The first-order valence-corrected chi connectivity index (χ1v) is 9.21. The molecule has 2 aromatic rings. The molecule has 0 saturated heterocycles. The van der Waals surface area contributed by atoms with Gasteiger partial charge in [0.1, 0.15) is 6.04 Å². The second kappa shape index (κ2) is 9.69. The molecule has 0 bridgehead atoms. The van der Waals surface area contributed by atoms with Crippen molar-refractivity contribution < 1.29 is 19.1 Å². The van der Waals surface area contributed by atoms with Crippen LogP contribution in [0.15, 0.2) is 48.5 Å². The van der Waals surface area contributed by atoms with E-state index in [1.165, 1.54) is 6.92 Å². The Kier molecular flexibility index (Phi) is 7.32. The lowest BCUT2D eigenvalue weighted by Crippen LogP contribution is -2.40. The Hall–Kier alpha value is -3.15. The number of hydrogen-bond donors (Lipinski definition) is 2. The number of ether oxygens (including phenoxy) is 1. The van der Waals surface area contributed by atoms with Crippen LogP contribution in [0.25, 0.3) is 0 Å². The monoisotopic (exact) mass is 382 g/mol. The van der Waals surface area contributed by atoms with Gasteiger partial charge in [0.05, 0.1) is 0 Å². The van der Waals surface area contributed by atoms with Crippen LogP contribution in [0, 0.1) is 6.92 Å². The number of para-hydroxylation sites is 1. The maximum absolute atomic E-state index is 12.2. The molecular weight excluding hydrogens is 356 g/mol. The Morgan fingerprint density at radius 2 is 1.64 bits per heavy atom. The number of hydrogen-bond acceptors (Lipinski definition) is 4. The molecule has 0 spiro atoms. The highest BCUT2D eigenvalue weighted by Crippen LogP contribution is 2.27. The van der Waals surface area contributed by atoms with Crippen molar-refractivity contribution in [3.63, 3.8) is 0 Å². The third-order valence-corrected chi connectivity index (χ3v) is 4.27. The lowest BCUT2D eigenvalue weighted by atomic mass is 9.98. The number of esters is 1. The Morgan fingerprint density at radius 3 is 2.29 bits per heavy atom. The predicted octanol–water partition coefficient (Wildman–Crippen LogP) is 3.42. The van der Waals surface area contributed by atoms with E-state index in [4.69, 9.17) is 4.74 Å². The summed E-state index contributed by atoms with van der Waals surface area (Å²) < 4.78 is 5.05. The summed E-state index contributed by atoms with van der Waals surface area (Å²) in [5.74, 6) is -1.23. The van der Waals surface area contributed by atoms with E-state index in [2.05, 4.69) is 10.6 Å². The molecule has 0 aliphatic heterocycles. The van der Waals surface area contributed by atoms with Crippen molar-refractivity contribution >= 4 is 23.5 Å². The first-order chi connectivity index (χ1) is 13.3. The van der Waals surface area contributed by atoms with Crippen molar-refractivity contribution in [1.82, 2.24) is 5.32 Å². The number of aryl methyl sites for hydroxylation is 1. The minimum atomic E-state index is -0.870. The highest BCUT2D eigenvalue weighted by atomic mass is 16.5. The predicted molar refractivity (Wildman–Crippen MR) is 108 cm³/mol. The van der Waals surface area contributed by atoms with Crippen LogP contribution in [0.5, 0.6) is 0 Å². The SMILES string of the molecule is Cc1cccc(C(C)C)c1NC(=O)COC(=O)[C@H](C)NC(=O)c1ccccc1. The summed E-state index contributed by atoms with van der Waals surface area (Å²) in [6, 6.07) is 13.5. The molecule has 0 aliphatic carbocycles. The summed E-state index contributed by atoms with van der Waals surface area (Å²) >= 11 is 0. The molecule has 0 saturated carbocycles. The van der Waals surface area contributed by atoms with Crippen molar-refractivity contribution in [2.24, 2.45) is 0 Å². The molecule has 28 heavy (non-hydrogen) atoms. The summed E-state index contributed by atoms with van der Waals surface area (Å²) in [7, 11) is 0. The number of carbonyl (C=O) groups is 3. The van der Waals surface area contributed by atoms with Gasteiger partial charge >= 0.3 is 5.97 Å². The Morgan fingerprint density at radius 1 is 0.964 bits per heavy atom. The van der Waals surface area contributed by atoms with E-state index in [9.17, 15) is 14.4 Å². The number of benzene rings is 2. The molecule has 0 heterocycles. The molecule has 0 unspecified atom stereocenters. The number of anilines is 1. The average molecular weight is 382 g/mol. The highest BCUT2D eigenvalue weighted by molar-refractivity contribution is 5.97. The highest BCUT2D eigenvalue weighted by Gasteiger charge is 2.19. The van der Waals surface area contributed by atoms with Crippen LogP contribution in [-0.2, 0) is 14.3 Å². The molecule has 2 amide bonds. The van der Waals surface area contributed by atoms with E-state index >= 15 is 0 Å². The third-order valence-electron chi connectivity index (χ3n) is 4.27. The summed E-state index contributed by atoms with van der Waals surface area (Å²) in [6.45, 7) is 7.09. The van der Waals surface area contributed by atoms with Gasteiger partial charge in [-0.25, -0.2) is 4.79 Å². The summed E-state index contributed by atoms with van der Waals surface area (Å²) in [4.78, 5) is 36.4. The van der Waals surface area contributed by atoms with E-state index in [0.29, 0.717) is 5.56 Å². The fourth-order valence-corrected chi connectivity index (χ4v) is 2.71. The second-order valence-corrected chi connectivity index (χ2v) is 6.91. The summed E-state index contributed by atoms with van der Waals surface area (Å²) in [5, 5.41) is 5.37. The minimum absolute atomic E-state index is 0.242. The van der Waals surface area contributed by atoms with Gasteiger partial charge in [0.2, 0.25) is 0 Å². The van der Waals surface area contributed by atoms with E-state index < -0.39 is 24.5 Å². The van der Waals surface area contributed by atoms with Gasteiger partial charge in [-0.15, -0.1) is 0 Å². The van der Waals surface area contributed by atoms with E-state index in [-0.39, 0.29) is 11.8 Å². The topological polar surface area (TPSA) is 84.5 Å². The van der Waals surface area contributed by atoms with Crippen LogP contribution >= 0.6 is 0 Å². The molecule has 0 aliphatic rings. The molecule has 1 atom stereocenters. The van der Waals surface area contributed by atoms with Crippen molar-refractivity contribution in [2.45, 2.75) is 39.7 Å². The second-order valence-electron chi connectivity index (χ2n) is 6.91. The lowest BCUT2D eigenvalue weighted by Gasteiger charge is -2.17. The maximum atomic E-state index is 12.2. The van der Waals surface area contributed by atoms with Crippen LogP contribution in [-0.4, -0.2) is 30.4 Å². The number of nitrogens with one attached hydrogen (secondary N) is 2. The van der Waals surface area contributed by atoms with Gasteiger partial charge in [-0.1, -0.05) is 50.2 Å². The first-order valence-electron chi connectivity index (χ1n) is 9.21. The maximum Gasteiger partial charge on any atom is 0.328 e. The fraction of sp³-hybridized carbons (Fsp3) is 0.318. The molecule has 2 rings (SSSR count). The van der Waals surface area contributed by atoms with Crippen LogP contribution in [0.2, 0.25) is 0 Å². The van der Waals surface area contributed by atoms with Gasteiger partial charge in [-0.2, -0.15) is 0 Å².